The molecule has 0 aliphatic rings. The van der Waals surface area contributed by atoms with Crippen LogP contribution in [0.1, 0.15) is 44.5 Å². The Morgan fingerprint density at radius 2 is 0.517 bits per heavy atom. The lowest BCUT2D eigenvalue weighted by atomic mass is 9.95. The number of hydrogen-bond donors (Lipinski definition) is 0. The van der Waals surface area contributed by atoms with E-state index in [4.69, 9.17) is 0 Å². The Morgan fingerprint density at radius 3 is 0.707 bits per heavy atom. The molecule has 8 aromatic rings. The third-order valence-electron chi connectivity index (χ3n) is 10.6. The van der Waals surface area contributed by atoms with Gasteiger partial charge in [0.1, 0.15) is 0 Å². The molecule has 0 atom stereocenters. The van der Waals surface area contributed by atoms with E-state index in [2.05, 4.69) is 0 Å². The molecule has 0 spiro atoms. The van der Waals surface area contributed by atoms with Crippen molar-refractivity contribution in [2.45, 2.75) is 52.4 Å². The Bertz CT molecular complexity index is 2600. The summed E-state index contributed by atoms with van der Waals surface area (Å²) in [6.45, 7) is 6.70. The number of rotatable bonds is 3. The van der Waals surface area contributed by atoms with Gasteiger partial charge in [0.05, 0.1) is 55.7 Å². The largest absolute Gasteiger partial charge is 0.416 e. The van der Waals surface area contributed by atoms with Crippen molar-refractivity contribution in [2.24, 2.45) is 0 Å². The van der Waals surface area contributed by atoms with Crippen molar-refractivity contribution in [3.63, 3.8) is 0 Å². The molecule has 0 unspecified atom stereocenters. The van der Waals surface area contributed by atoms with Gasteiger partial charge < -0.3 is 9.13 Å². The molecule has 0 aliphatic heterocycles. The molecule has 0 saturated heterocycles. The number of benzene rings is 6. The fourth-order valence-electron chi connectivity index (χ4n) is 8.17. The molecule has 298 valence electrons. The number of aromatic nitrogens is 2. The highest BCUT2D eigenvalue weighted by molar-refractivity contribution is 6.11. The van der Waals surface area contributed by atoms with Gasteiger partial charge in [0, 0.05) is 21.5 Å². The van der Waals surface area contributed by atoms with Gasteiger partial charge in [-0.2, -0.15) is 52.7 Å². The van der Waals surface area contributed by atoms with Crippen LogP contribution in [0.5, 0.6) is 0 Å². The average Bonchev–Trinajstić information content (AvgIpc) is 3.61. The maximum absolute atomic E-state index is 13.9. The van der Waals surface area contributed by atoms with Crippen molar-refractivity contribution in [1.29, 1.82) is 0 Å². The third-order valence-corrected chi connectivity index (χ3v) is 10.6. The quantitative estimate of drug-likeness (QED) is 0.157. The number of nitrogens with zero attached hydrogens (tertiary/aromatic N) is 2. The van der Waals surface area contributed by atoms with E-state index in [1.165, 1.54) is 33.4 Å². The summed E-state index contributed by atoms with van der Waals surface area (Å²) in [6, 6.07) is 19.0. The van der Waals surface area contributed by atoms with Crippen LogP contribution in [-0.4, -0.2) is 9.13 Å². The Balaban J connectivity index is 1.33. The summed E-state index contributed by atoms with van der Waals surface area (Å²) in [5, 5.41) is 1.26. The van der Waals surface area contributed by atoms with Crippen molar-refractivity contribution in [1.82, 2.24) is 9.13 Å². The molecule has 0 amide bonds. The minimum absolute atomic E-state index is 0.0488. The number of alkyl halides is 12. The molecule has 0 bridgehead atoms. The monoisotopic (exact) mass is 812 g/mol. The summed E-state index contributed by atoms with van der Waals surface area (Å²) in [7, 11) is 0. The zero-order valence-electron chi connectivity index (χ0n) is 30.7. The van der Waals surface area contributed by atoms with Crippen LogP contribution in [0.25, 0.3) is 66.1 Å². The van der Waals surface area contributed by atoms with E-state index >= 15 is 0 Å². The first-order chi connectivity index (χ1) is 26.9. The summed E-state index contributed by atoms with van der Waals surface area (Å²) in [6.07, 6.45) is -18.9. The molecule has 58 heavy (non-hydrogen) atoms. The number of halogens is 12. The molecule has 0 aliphatic carbocycles. The summed E-state index contributed by atoms with van der Waals surface area (Å²) < 4.78 is 170. The zero-order chi connectivity index (χ0) is 42.0. The van der Waals surface area contributed by atoms with E-state index in [9.17, 15) is 52.7 Å². The molecular formula is C44H28F12N2. The van der Waals surface area contributed by atoms with Crippen LogP contribution in [-0.2, 0) is 24.7 Å². The molecule has 14 heteroatoms. The normalized spacial score (nSPS) is 13.2. The standard InChI is InChI=1S/C44H28F12N2/c1-21-13-25(14-22(2)39(21)57-35-17-27(41(45,46)47)5-9-31(35)32-10-6-28(18-36(32)57)42(48,49)50)26-15-23(3)40(24(4)16-26)58-37-19-29(43(51,52)53)7-11-33(37)34-12-8-30(20-38(34)58)44(54,55)56/h5-20H,1-4H3. The van der Waals surface area contributed by atoms with Crippen LogP contribution in [0.3, 0.4) is 0 Å². The summed E-state index contributed by atoms with van der Waals surface area (Å²) in [4.78, 5) is 0. The van der Waals surface area contributed by atoms with Crippen LogP contribution in [0.4, 0.5) is 52.7 Å². The van der Waals surface area contributed by atoms with Gasteiger partial charge in [0.2, 0.25) is 0 Å². The van der Waals surface area contributed by atoms with E-state index in [1.807, 2.05) is 0 Å². The fraction of sp³-hybridized carbons (Fsp3) is 0.182. The number of hydrogen-bond acceptors (Lipinski definition) is 0. The first kappa shape index (κ1) is 38.9. The smallest absolute Gasteiger partial charge is 0.309 e. The van der Waals surface area contributed by atoms with E-state index in [0.29, 0.717) is 66.3 Å². The molecule has 0 radical (unpaired) electrons. The second-order valence-electron chi connectivity index (χ2n) is 14.5. The first-order valence-corrected chi connectivity index (χ1v) is 17.6. The maximum atomic E-state index is 13.9. The Labute approximate surface area is 321 Å². The molecule has 6 aromatic carbocycles. The second-order valence-corrected chi connectivity index (χ2v) is 14.5. The topological polar surface area (TPSA) is 9.86 Å². The lowest BCUT2D eigenvalue weighted by molar-refractivity contribution is -0.138. The molecule has 8 rings (SSSR count). The fourth-order valence-corrected chi connectivity index (χ4v) is 8.17. The van der Waals surface area contributed by atoms with Gasteiger partial charge in [-0.1, -0.05) is 24.3 Å². The summed E-state index contributed by atoms with van der Waals surface area (Å²) >= 11 is 0. The third kappa shape index (κ3) is 6.33. The van der Waals surface area contributed by atoms with Crippen molar-refractivity contribution in [3.05, 3.63) is 142 Å². The minimum atomic E-state index is -4.73. The van der Waals surface area contributed by atoms with E-state index in [-0.39, 0.29) is 22.1 Å². The molecule has 2 aromatic heterocycles. The highest BCUT2D eigenvalue weighted by atomic mass is 19.4. The van der Waals surface area contributed by atoms with Crippen molar-refractivity contribution in [3.8, 4) is 22.5 Å². The summed E-state index contributed by atoms with van der Waals surface area (Å²) in [5.41, 5.74) is 0.213. The van der Waals surface area contributed by atoms with Gasteiger partial charge in [0.25, 0.3) is 0 Å². The molecule has 2 nitrogen and oxygen atoms in total. The Hall–Kier alpha value is -5.92. The molecular weight excluding hydrogens is 784 g/mol. The van der Waals surface area contributed by atoms with Crippen molar-refractivity contribution in [2.75, 3.05) is 0 Å². The predicted molar refractivity (Wildman–Crippen MR) is 200 cm³/mol. The van der Waals surface area contributed by atoms with Gasteiger partial charge in [-0.3, -0.25) is 0 Å². The Kier molecular flexibility index (Phi) is 8.59. The second kappa shape index (κ2) is 12.8. The van der Waals surface area contributed by atoms with Crippen molar-refractivity contribution < 1.29 is 52.7 Å². The highest BCUT2D eigenvalue weighted by Crippen LogP contribution is 2.44. The van der Waals surface area contributed by atoms with Gasteiger partial charge in [-0.25, -0.2) is 0 Å². The molecule has 2 heterocycles. The van der Waals surface area contributed by atoms with E-state index in [0.717, 1.165) is 48.5 Å². The molecule has 0 fully saturated rings. The van der Waals surface area contributed by atoms with Crippen LogP contribution < -0.4 is 0 Å². The van der Waals surface area contributed by atoms with Gasteiger partial charge in [-0.05, 0) is 134 Å². The zero-order valence-corrected chi connectivity index (χ0v) is 30.7. The van der Waals surface area contributed by atoms with Gasteiger partial charge in [-0.15, -0.1) is 0 Å². The van der Waals surface area contributed by atoms with Gasteiger partial charge in [0.15, 0.2) is 0 Å². The van der Waals surface area contributed by atoms with Crippen LogP contribution >= 0.6 is 0 Å². The molecule has 0 N–H and O–H groups in total. The maximum Gasteiger partial charge on any atom is 0.416 e. The number of aryl methyl sites for hydroxylation is 4. The van der Waals surface area contributed by atoms with Crippen LogP contribution in [0.15, 0.2) is 97.1 Å². The van der Waals surface area contributed by atoms with E-state index in [1.54, 1.807) is 52.0 Å². The van der Waals surface area contributed by atoms with E-state index < -0.39 is 47.0 Å². The van der Waals surface area contributed by atoms with Crippen LogP contribution in [0.2, 0.25) is 0 Å². The molecule has 0 saturated carbocycles. The lowest BCUT2D eigenvalue weighted by Crippen LogP contribution is -2.07. The highest BCUT2D eigenvalue weighted by Gasteiger charge is 2.35. The minimum Gasteiger partial charge on any atom is -0.309 e. The number of fused-ring (bicyclic) bond motifs is 6. The SMILES string of the molecule is Cc1cc(-c2cc(C)c(-n3c4cc(C(F)(F)F)ccc4c4ccc(C(F)(F)F)cc43)c(C)c2)cc(C)c1-n1c2cc(C(F)(F)F)ccc2c2ccc(C(F)(F)F)cc21. The average molecular weight is 813 g/mol. The van der Waals surface area contributed by atoms with Gasteiger partial charge >= 0.3 is 24.7 Å². The van der Waals surface area contributed by atoms with Crippen molar-refractivity contribution >= 4 is 43.6 Å². The summed E-state index contributed by atoms with van der Waals surface area (Å²) in [5.74, 6) is 0. The first-order valence-electron chi connectivity index (χ1n) is 17.6. The Morgan fingerprint density at radius 1 is 0.310 bits per heavy atom. The van der Waals surface area contributed by atoms with Crippen LogP contribution in [0, 0.1) is 27.7 Å². The lowest BCUT2D eigenvalue weighted by Gasteiger charge is -2.20. The predicted octanol–water partition coefficient (Wildman–Crippen LogP) is 14.9.